The zero-order chi connectivity index (χ0) is 18.0. The molecule has 0 unspecified atom stereocenters. The van der Waals surface area contributed by atoms with Crippen LogP contribution in [0.1, 0.15) is 5.56 Å². The second-order valence-electron chi connectivity index (χ2n) is 5.15. The van der Waals surface area contributed by atoms with Gasteiger partial charge in [0.25, 0.3) is 5.69 Å². The van der Waals surface area contributed by atoms with Crippen molar-refractivity contribution in [1.29, 1.82) is 5.26 Å². The molecule has 122 valence electrons. The minimum absolute atomic E-state index is 0.00324. The quantitative estimate of drug-likeness (QED) is 0.554. The van der Waals surface area contributed by atoms with Crippen LogP contribution in [0.2, 0.25) is 0 Å². The third-order valence-electron chi connectivity index (χ3n) is 3.64. The standard InChI is InChI=1S/C17H12N6O2/c18-9-14-15(21-17(20)22-16(14)19)13-4-2-1-3-12(13)10-5-7-11(8-6-10)23(24)25/h1-8H,(H4,19,20,21,22). The lowest BCUT2D eigenvalue weighted by atomic mass is 9.95. The van der Waals surface area contributed by atoms with Crippen LogP contribution in [0.4, 0.5) is 17.5 Å². The number of hydrogen-bond acceptors (Lipinski definition) is 7. The SMILES string of the molecule is N#Cc1c(N)nc(N)nc1-c1ccccc1-c1ccc([N+](=O)[O-])cc1. The van der Waals surface area contributed by atoms with Crippen LogP contribution in [0.5, 0.6) is 0 Å². The fourth-order valence-corrected chi connectivity index (χ4v) is 2.51. The summed E-state index contributed by atoms with van der Waals surface area (Å²) in [5.74, 6) is -0.0338. The Hall–Kier alpha value is -3.99. The van der Waals surface area contributed by atoms with Crippen molar-refractivity contribution in [2.75, 3.05) is 11.5 Å². The Bertz CT molecular complexity index is 1010. The van der Waals surface area contributed by atoms with Crippen molar-refractivity contribution in [3.63, 3.8) is 0 Å². The predicted molar refractivity (Wildman–Crippen MR) is 93.1 cm³/mol. The Morgan fingerprint density at radius 2 is 1.64 bits per heavy atom. The van der Waals surface area contributed by atoms with Crippen molar-refractivity contribution in [2.24, 2.45) is 0 Å². The van der Waals surface area contributed by atoms with Crippen molar-refractivity contribution in [3.8, 4) is 28.5 Å². The predicted octanol–water partition coefficient (Wildman–Crippen LogP) is 2.75. The summed E-state index contributed by atoms with van der Waals surface area (Å²) < 4.78 is 0. The van der Waals surface area contributed by atoms with Gasteiger partial charge in [0.15, 0.2) is 0 Å². The van der Waals surface area contributed by atoms with Crippen LogP contribution in [0.3, 0.4) is 0 Å². The molecule has 0 spiro atoms. The monoisotopic (exact) mass is 332 g/mol. The third kappa shape index (κ3) is 2.94. The highest BCUT2D eigenvalue weighted by Gasteiger charge is 2.17. The number of anilines is 2. The summed E-state index contributed by atoms with van der Waals surface area (Å²) >= 11 is 0. The number of non-ortho nitro benzene ring substituents is 1. The van der Waals surface area contributed by atoms with Crippen LogP contribution in [-0.2, 0) is 0 Å². The molecule has 8 heteroatoms. The number of benzene rings is 2. The number of aromatic nitrogens is 2. The maximum atomic E-state index is 10.8. The van der Waals surface area contributed by atoms with Crippen molar-refractivity contribution >= 4 is 17.5 Å². The van der Waals surface area contributed by atoms with E-state index in [-0.39, 0.29) is 23.0 Å². The van der Waals surface area contributed by atoms with Gasteiger partial charge in [0.2, 0.25) is 5.95 Å². The second kappa shape index (κ2) is 6.25. The largest absolute Gasteiger partial charge is 0.382 e. The molecule has 0 radical (unpaired) electrons. The van der Waals surface area contributed by atoms with E-state index in [0.29, 0.717) is 11.3 Å². The van der Waals surface area contributed by atoms with E-state index in [0.717, 1.165) is 11.1 Å². The molecule has 1 heterocycles. The van der Waals surface area contributed by atoms with Gasteiger partial charge in [0.05, 0.1) is 10.6 Å². The van der Waals surface area contributed by atoms with Crippen molar-refractivity contribution < 1.29 is 4.92 Å². The van der Waals surface area contributed by atoms with Crippen molar-refractivity contribution in [3.05, 3.63) is 64.2 Å². The first-order valence-electron chi connectivity index (χ1n) is 7.18. The molecule has 0 amide bonds. The molecule has 3 aromatic rings. The molecule has 3 rings (SSSR count). The molecule has 0 aliphatic carbocycles. The molecule has 0 atom stereocenters. The second-order valence-corrected chi connectivity index (χ2v) is 5.15. The fraction of sp³-hybridized carbons (Fsp3) is 0. The first kappa shape index (κ1) is 15.9. The normalized spacial score (nSPS) is 10.2. The van der Waals surface area contributed by atoms with E-state index >= 15 is 0 Å². The molecule has 4 N–H and O–H groups in total. The number of rotatable bonds is 3. The summed E-state index contributed by atoms with van der Waals surface area (Å²) in [5.41, 5.74) is 14.0. The summed E-state index contributed by atoms with van der Waals surface area (Å²) in [6.45, 7) is 0. The van der Waals surface area contributed by atoms with Gasteiger partial charge in [-0.1, -0.05) is 24.3 Å². The topological polar surface area (TPSA) is 145 Å². The van der Waals surface area contributed by atoms with Gasteiger partial charge >= 0.3 is 0 Å². The highest BCUT2D eigenvalue weighted by atomic mass is 16.6. The zero-order valence-electron chi connectivity index (χ0n) is 12.9. The van der Waals surface area contributed by atoms with Crippen LogP contribution in [0.15, 0.2) is 48.5 Å². The number of hydrogen-bond donors (Lipinski definition) is 2. The average Bonchev–Trinajstić information content (AvgIpc) is 2.61. The molecule has 8 nitrogen and oxygen atoms in total. The number of nitriles is 1. The smallest absolute Gasteiger partial charge is 0.269 e. The molecular formula is C17H12N6O2. The highest BCUT2D eigenvalue weighted by Crippen LogP contribution is 2.34. The summed E-state index contributed by atoms with van der Waals surface area (Å²) in [7, 11) is 0. The Morgan fingerprint density at radius 1 is 1.00 bits per heavy atom. The van der Waals surface area contributed by atoms with Gasteiger partial charge in [-0.3, -0.25) is 10.1 Å². The summed E-state index contributed by atoms with van der Waals surface area (Å²) in [6.07, 6.45) is 0. The van der Waals surface area contributed by atoms with Crippen LogP contribution in [-0.4, -0.2) is 14.9 Å². The van der Waals surface area contributed by atoms with Gasteiger partial charge < -0.3 is 11.5 Å². The average molecular weight is 332 g/mol. The summed E-state index contributed by atoms with van der Waals surface area (Å²) in [6, 6.07) is 15.3. The van der Waals surface area contributed by atoms with Gasteiger partial charge in [-0.2, -0.15) is 10.2 Å². The molecule has 0 saturated heterocycles. The maximum absolute atomic E-state index is 10.8. The van der Waals surface area contributed by atoms with E-state index in [1.165, 1.54) is 12.1 Å². The number of nitrogens with two attached hydrogens (primary N) is 2. The molecule has 0 aliphatic rings. The fourth-order valence-electron chi connectivity index (χ4n) is 2.51. The Balaban J connectivity index is 2.21. The van der Waals surface area contributed by atoms with Gasteiger partial charge in [0.1, 0.15) is 17.5 Å². The van der Waals surface area contributed by atoms with E-state index in [4.69, 9.17) is 11.5 Å². The number of nitro groups is 1. The molecule has 0 aliphatic heterocycles. The maximum Gasteiger partial charge on any atom is 0.269 e. The van der Waals surface area contributed by atoms with Gasteiger partial charge in [-0.05, 0) is 23.3 Å². The van der Waals surface area contributed by atoms with Crippen LogP contribution in [0, 0.1) is 21.4 Å². The molecule has 2 aromatic carbocycles. The van der Waals surface area contributed by atoms with Gasteiger partial charge in [-0.15, -0.1) is 0 Å². The van der Waals surface area contributed by atoms with E-state index in [2.05, 4.69) is 9.97 Å². The highest BCUT2D eigenvalue weighted by molar-refractivity contribution is 5.86. The van der Waals surface area contributed by atoms with E-state index < -0.39 is 4.92 Å². The van der Waals surface area contributed by atoms with Gasteiger partial charge in [0, 0.05) is 17.7 Å². The Labute approximate surface area is 142 Å². The molecule has 25 heavy (non-hydrogen) atoms. The number of nitrogen functional groups attached to an aromatic ring is 2. The lowest BCUT2D eigenvalue weighted by Crippen LogP contribution is -2.05. The summed E-state index contributed by atoms with van der Waals surface area (Å²) in [5, 5.41) is 20.2. The lowest BCUT2D eigenvalue weighted by molar-refractivity contribution is -0.384. The molecule has 1 aromatic heterocycles. The first-order valence-corrected chi connectivity index (χ1v) is 7.18. The lowest BCUT2D eigenvalue weighted by Gasteiger charge is -2.12. The van der Waals surface area contributed by atoms with Gasteiger partial charge in [-0.25, -0.2) is 4.98 Å². The van der Waals surface area contributed by atoms with E-state index in [1.807, 2.05) is 18.2 Å². The Kier molecular flexibility index (Phi) is 3.97. The Morgan fingerprint density at radius 3 is 2.24 bits per heavy atom. The molecule has 0 bridgehead atoms. The molecule has 0 saturated carbocycles. The number of nitro benzene ring substituents is 1. The van der Waals surface area contributed by atoms with E-state index in [1.54, 1.807) is 24.3 Å². The molecular weight excluding hydrogens is 320 g/mol. The van der Waals surface area contributed by atoms with Crippen LogP contribution < -0.4 is 11.5 Å². The minimum Gasteiger partial charge on any atom is -0.382 e. The van der Waals surface area contributed by atoms with Crippen molar-refractivity contribution in [1.82, 2.24) is 9.97 Å². The number of nitrogens with zero attached hydrogens (tertiary/aromatic N) is 4. The van der Waals surface area contributed by atoms with E-state index in [9.17, 15) is 15.4 Å². The van der Waals surface area contributed by atoms with Crippen LogP contribution >= 0.6 is 0 Å². The van der Waals surface area contributed by atoms with Crippen molar-refractivity contribution in [2.45, 2.75) is 0 Å². The summed E-state index contributed by atoms with van der Waals surface area (Å²) in [4.78, 5) is 18.3. The zero-order valence-corrected chi connectivity index (χ0v) is 12.9. The minimum atomic E-state index is -0.463. The third-order valence-corrected chi connectivity index (χ3v) is 3.64. The first-order chi connectivity index (χ1) is 12.0. The molecule has 0 fully saturated rings. The van der Waals surface area contributed by atoms with Crippen LogP contribution in [0.25, 0.3) is 22.4 Å².